The number of aromatic nitrogens is 18. The first-order valence-corrected chi connectivity index (χ1v) is 34.8. The second-order valence-electron chi connectivity index (χ2n) is 24.5. The molecule has 3 fully saturated rings. The predicted molar refractivity (Wildman–Crippen MR) is 359 cm³/mol. The Morgan fingerprint density at radius 1 is 0.514 bits per heavy atom. The Morgan fingerprint density at radius 3 is 1.30 bits per heavy atom. The Bertz CT molecular complexity index is 5130. The molecule has 41 heteroatoms. The summed E-state index contributed by atoms with van der Waals surface area (Å²) in [7, 11) is -4.70. The summed E-state index contributed by atoms with van der Waals surface area (Å²) in [4.78, 5) is 79.8. The van der Waals surface area contributed by atoms with Crippen LogP contribution in [-0.4, -0.2) is 154 Å². The summed E-state index contributed by atoms with van der Waals surface area (Å²) in [5.74, 6) is -6.53. The Morgan fingerprint density at radius 2 is 0.907 bits per heavy atom. The largest absolute Gasteiger partial charge is 0.471 e. The summed E-state index contributed by atoms with van der Waals surface area (Å²) < 4.78 is 134. The number of ether oxygens (including phenoxy) is 2. The number of nitrogens with zero attached hydrogens (tertiary/aromatic N) is 16. The van der Waals surface area contributed by atoms with Crippen molar-refractivity contribution >= 4 is 42.6 Å². The number of halogens is 6. The highest BCUT2D eigenvalue weighted by Crippen LogP contribution is 2.41. The number of H-pyrrole nitrogens is 2. The van der Waals surface area contributed by atoms with Crippen molar-refractivity contribution in [2.75, 3.05) is 29.2 Å². The average Bonchev–Trinajstić information content (AvgIpc) is 1.65. The van der Waals surface area contributed by atoms with Crippen LogP contribution in [0.3, 0.4) is 0 Å². The van der Waals surface area contributed by atoms with Gasteiger partial charge in [-0.2, -0.15) is 43.8 Å². The number of nitrogens with one attached hydrogen (secondary N) is 5. The van der Waals surface area contributed by atoms with Crippen LogP contribution in [0.4, 0.5) is 43.4 Å². The van der Waals surface area contributed by atoms with Crippen molar-refractivity contribution in [1.29, 1.82) is 0 Å². The zero-order valence-electron chi connectivity index (χ0n) is 56.3. The van der Waals surface area contributed by atoms with Gasteiger partial charge in [0.1, 0.15) is 53.0 Å². The van der Waals surface area contributed by atoms with Gasteiger partial charge in [0.2, 0.25) is 35.5 Å². The van der Waals surface area contributed by atoms with Crippen molar-refractivity contribution in [2.24, 2.45) is 0 Å². The number of phosphoric acid groups is 1. The van der Waals surface area contributed by atoms with Gasteiger partial charge in [0, 0.05) is 50.4 Å². The molecule has 3 amide bonds. The average molecular weight is 1500 g/mol. The highest BCUT2D eigenvalue weighted by Gasteiger charge is 2.35. The van der Waals surface area contributed by atoms with Crippen LogP contribution in [0.25, 0.3) is 68.5 Å². The predicted octanol–water partition coefficient (Wildman–Crippen LogP) is 10.8. The van der Waals surface area contributed by atoms with Crippen LogP contribution in [-0.2, 0) is 25.3 Å². The molecule has 107 heavy (non-hydrogen) atoms. The minimum absolute atomic E-state index is 0.00214. The number of oxazole rings is 3. The lowest BCUT2D eigenvalue weighted by molar-refractivity contribution is -0.0226. The molecule has 0 saturated heterocycles. The van der Waals surface area contributed by atoms with E-state index in [4.69, 9.17) is 32.5 Å². The smallest absolute Gasteiger partial charge is 0.444 e. The highest BCUT2D eigenvalue weighted by atomic mass is 31.2. The fourth-order valence-corrected chi connectivity index (χ4v) is 12.2. The molecule has 34 nitrogen and oxygen atoms in total. The van der Waals surface area contributed by atoms with Gasteiger partial charge in [-0.15, -0.1) is 0 Å². The first-order valence-electron chi connectivity index (χ1n) is 33.3. The molecular weight excluding hydrogens is 1440 g/mol. The van der Waals surface area contributed by atoms with Crippen LogP contribution in [0.15, 0.2) is 124 Å². The van der Waals surface area contributed by atoms with Gasteiger partial charge in [-0.3, -0.25) is 43.2 Å². The molecule has 0 unspecified atom stereocenters. The molecule has 0 aromatic carbocycles. The lowest BCUT2D eigenvalue weighted by Crippen LogP contribution is -2.33. The number of hydrogen-bond donors (Lipinski definition) is 8. The van der Waals surface area contributed by atoms with E-state index >= 15 is 0 Å². The van der Waals surface area contributed by atoms with Crippen molar-refractivity contribution in [2.45, 2.75) is 121 Å². The molecule has 3 aliphatic carbocycles. The van der Waals surface area contributed by atoms with Gasteiger partial charge < -0.3 is 53.6 Å². The number of aliphatic hydroxyl groups excluding tert-OH is 1. The van der Waals surface area contributed by atoms with Crippen LogP contribution in [0.5, 0.6) is 0 Å². The Hall–Kier alpha value is -11.7. The van der Waals surface area contributed by atoms with Gasteiger partial charge in [-0.05, 0) is 114 Å². The van der Waals surface area contributed by atoms with E-state index in [0.717, 1.165) is 85.9 Å². The molecular formula is C66H64F6N21O13P. The molecule has 0 aliphatic heterocycles. The number of pyridine rings is 3. The van der Waals surface area contributed by atoms with Gasteiger partial charge in [0.05, 0.1) is 88.8 Å². The molecule has 0 atom stereocenters. The zero-order chi connectivity index (χ0) is 75.0. The van der Waals surface area contributed by atoms with Crippen molar-refractivity contribution < 1.29 is 87.4 Å². The maximum absolute atomic E-state index is 14.7. The summed E-state index contributed by atoms with van der Waals surface area (Å²) in [5.41, 5.74) is 0.693. The lowest BCUT2D eigenvalue weighted by Gasteiger charge is -2.34. The summed E-state index contributed by atoms with van der Waals surface area (Å²) in [6.45, 7) is 4.58. The third kappa shape index (κ3) is 17.7. The molecule has 0 spiro atoms. The van der Waals surface area contributed by atoms with E-state index in [1.807, 2.05) is 13.8 Å². The monoisotopic (exact) mass is 1500 g/mol. The SMILES string of the molecule is CCOC1CC(n2cc(NC(=O)c3coc(-c4cn[nH]c4)n3)c(-c3nc(F)ccc3F)n2)C1.CCOC1CCC(n2cc(NC(=O)c3coc(-c4cnn(COP(=O)(O)O)c4)n3)c(-c3nc(F)ccc3F)n2)CC1.O=C(Nc1cn(C2CCC(O)CC2)nc1-c1nc(F)ccc1F)c1coc(-c2cn[nH]c2)n1. The molecule has 8 N–H and O–H groups in total. The molecule has 3 aliphatic rings. The van der Waals surface area contributed by atoms with Gasteiger partial charge in [0.25, 0.3) is 17.7 Å². The number of phosphoric ester groups is 1. The normalized spacial score (nSPS) is 17.9. The number of rotatable bonds is 22. The van der Waals surface area contributed by atoms with Crippen LogP contribution >= 0.6 is 7.82 Å². The van der Waals surface area contributed by atoms with E-state index in [-0.39, 0.29) is 122 Å². The standard InChI is InChI=1S/C24H26F2N7O7P.2C21H19F2N7O3/c1-2-38-16-5-3-15(4-6-16)33-11-18(22(31-33)21-17(25)7-8-20(26)30-21)28-23(34)19-12-39-24(29-19)14-9-27-32(10-14)13-40-41(35,36)37;22-14-5-6-17(23)28-18(14)19-15(9-30(29-19)12-1-3-13(31)4-2-12)26-20(32)16-10-33-21(27-16)11-7-24-25-8-11;1-2-32-13-5-12(6-13)30-9-15(19(29-30)18-14(22)3-4-17(23)28-18)26-20(31)16-10-33-21(27-16)11-7-24-25-8-11/h7-12,15-16H,2-6,13H2,1H3,(H,28,34)(H2,35,36,37);5-10,12-13,31H,1-4H2,(H,24,25)(H,26,32);3-4,7-10,12-13H,2,5-6H2,1H3,(H,24,25)(H,26,31). The number of amides is 3. The number of carbonyl (C=O) groups is 3. The van der Waals surface area contributed by atoms with E-state index in [0.29, 0.717) is 55.6 Å². The molecule has 12 heterocycles. The maximum Gasteiger partial charge on any atom is 0.471 e. The van der Waals surface area contributed by atoms with Crippen molar-refractivity contribution in [3.05, 3.63) is 163 Å². The number of hydrogen-bond acceptors (Lipinski definition) is 23. The molecule has 12 aromatic heterocycles. The number of aromatic amines is 2. The van der Waals surface area contributed by atoms with Gasteiger partial charge in [-0.25, -0.2) is 52.3 Å². The van der Waals surface area contributed by atoms with E-state index in [1.165, 1.54) is 37.3 Å². The second kappa shape index (κ2) is 32.4. The molecule has 3 saturated carbocycles. The fraction of sp³-hybridized carbons (Fsp3) is 0.318. The molecule has 15 rings (SSSR count). The van der Waals surface area contributed by atoms with E-state index in [9.17, 15) is 50.4 Å². The summed E-state index contributed by atoms with van der Waals surface area (Å²) >= 11 is 0. The first-order chi connectivity index (χ1) is 51.6. The fourth-order valence-electron chi connectivity index (χ4n) is 12.0. The van der Waals surface area contributed by atoms with E-state index in [1.54, 1.807) is 45.0 Å². The number of aliphatic hydroxyl groups is 1. The summed E-state index contributed by atoms with van der Waals surface area (Å²) in [6.07, 6.45) is 23.9. The van der Waals surface area contributed by atoms with Crippen LogP contribution in [0.2, 0.25) is 0 Å². The van der Waals surface area contributed by atoms with Crippen molar-refractivity contribution in [3.63, 3.8) is 0 Å². The third-order valence-corrected chi connectivity index (χ3v) is 17.7. The molecule has 12 aromatic rings. The Labute approximate surface area is 599 Å². The quantitative estimate of drug-likeness (QED) is 0.0177. The van der Waals surface area contributed by atoms with Crippen molar-refractivity contribution in [1.82, 2.24) is 89.4 Å². The van der Waals surface area contributed by atoms with Crippen LogP contribution in [0, 0.1) is 35.3 Å². The summed E-state index contributed by atoms with van der Waals surface area (Å²) in [6, 6.07) is 5.46. The minimum Gasteiger partial charge on any atom is -0.444 e. The van der Waals surface area contributed by atoms with E-state index in [2.05, 4.69) is 91.2 Å². The molecule has 558 valence electrons. The minimum atomic E-state index is -4.70. The van der Waals surface area contributed by atoms with Crippen molar-refractivity contribution in [3.8, 4) is 68.5 Å². The maximum atomic E-state index is 14.7. The van der Waals surface area contributed by atoms with E-state index < -0.39 is 67.6 Å². The van der Waals surface area contributed by atoms with Crippen LogP contribution < -0.4 is 16.0 Å². The second-order valence-corrected chi connectivity index (χ2v) is 25.8. The Balaban J connectivity index is 0.000000143. The first kappa shape index (κ1) is 73.6. The number of carbonyl (C=O) groups excluding carboxylic acids is 3. The molecule has 0 bridgehead atoms. The van der Waals surface area contributed by atoms with Crippen LogP contribution in [0.1, 0.15) is 128 Å². The lowest BCUT2D eigenvalue weighted by atomic mass is 9.89. The van der Waals surface area contributed by atoms with Gasteiger partial charge in [-0.1, -0.05) is 0 Å². The zero-order valence-corrected chi connectivity index (χ0v) is 57.2. The van der Waals surface area contributed by atoms with Gasteiger partial charge in [0.15, 0.2) is 41.3 Å². The molecule has 0 radical (unpaired) electrons. The third-order valence-electron chi connectivity index (χ3n) is 17.3. The Kier molecular flexibility index (Phi) is 22.3. The summed E-state index contributed by atoms with van der Waals surface area (Å²) in [5, 5.41) is 47.8. The highest BCUT2D eigenvalue weighted by molar-refractivity contribution is 7.46. The topological polar surface area (TPSA) is 438 Å². The van der Waals surface area contributed by atoms with Gasteiger partial charge >= 0.3 is 7.82 Å². The number of anilines is 3.